The number of likely N-dealkylation sites (tertiary alicyclic amines) is 1. The van der Waals surface area contributed by atoms with Crippen molar-refractivity contribution in [3.63, 3.8) is 0 Å². The van der Waals surface area contributed by atoms with E-state index in [1.165, 1.54) is 16.8 Å². The highest BCUT2D eigenvalue weighted by molar-refractivity contribution is 7.92. The summed E-state index contributed by atoms with van der Waals surface area (Å²) in [6, 6.07) is 21.5. The normalized spacial score (nSPS) is 14.9. The Bertz CT molecular complexity index is 1400. The molecule has 3 aromatic carbocycles. The number of carbonyl (C=O) groups is 1. The number of nitrogens with zero attached hydrogens (tertiary/aromatic N) is 2. The molecule has 1 amide bonds. The summed E-state index contributed by atoms with van der Waals surface area (Å²) in [5.41, 5.74) is 2.94. The van der Waals surface area contributed by atoms with Crippen LogP contribution >= 0.6 is 11.3 Å². The van der Waals surface area contributed by atoms with Gasteiger partial charge in [0.25, 0.3) is 15.9 Å². The number of sulfonamides is 1. The monoisotopic (exact) mass is 491 g/mol. The van der Waals surface area contributed by atoms with Crippen molar-refractivity contribution in [1.29, 1.82) is 0 Å². The molecule has 4 aromatic rings. The molecule has 1 aliphatic rings. The number of anilines is 1. The van der Waals surface area contributed by atoms with Crippen molar-refractivity contribution in [1.82, 2.24) is 9.88 Å². The number of hydrogen-bond acceptors (Lipinski definition) is 5. The standard InChI is InChI=1S/C26H25N3O3S2/c1-18-9-11-21(12-10-18)28-34(31,32)22-6-4-5-20(17-22)26(30)29-15-13-19(14-16-29)25-27-23-7-2-3-8-24(23)33-25/h2-12,17,19,28H,13-16H2,1H3. The zero-order valence-electron chi connectivity index (χ0n) is 18.8. The van der Waals surface area contributed by atoms with Crippen LogP contribution in [0.3, 0.4) is 0 Å². The lowest BCUT2D eigenvalue weighted by Gasteiger charge is -2.31. The number of hydrogen-bond donors (Lipinski definition) is 1. The Morgan fingerprint density at radius 1 is 1.00 bits per heavy atom. The number of rotatable bonds is 5. The summed E-state index contributed by atoms with van der Waals surface area (Å²) in [6.45, 7) is 3.19. The molecule has 2 heterocycles. The van der Waals surface area contributed by atoms with Crippen LogP contribution in [-0.4, -0.2) is 37.3 Å². The van der Waals surface area contributed by atoms with E-state index < -0.39 is 10.0 Å². The van der Waals surface area contributed by atoms with Gasteiger partial charge >= 0.3 is 0 Å². The number of aryl methyl sites for hydroxylation is 1. The largest absolute Gasteiger partial charge is 0.339 e. The van der Waals surface area contributed by atoms with Gasteiger partial charge in [0.15, 0.2) is 0 Å². The van der Waals surface area contributed by atoms with Crippen molar-refractivity contribution in [3.8, 4) is 0 Å². The molecule has 0 spiro atoms. The number of thiazole rings is 1. The van der Waals surface area contributed by atoms with Crippen molar-refractivity contribution in [2.24, 2.45) is 0 Å². The average Bonchev–Trinajstić information content (AvgIpc) is 3.29. The molecule has 1 N–H and O–H groups in total. The highest BCUT2D eigenvalue weighted by Crippen LogP contribution is 2.34. The number of nitrogens with one attached hydrogen (secondary N) is 1. The van der Waals surface area contributed by atoms with Crippen molar-refractivity contribution >= 4 is 43.2 Å². The fourth-order valence-corrected chi connectivity index (χ4v) is 6.45. The SMILES string of the molecule is Cc1ccc(NS(=O)(=O)c2cccc(C(=O)N3CCC(c4nc5ccccc5s4)CC3)c2)cc1. The van der Waals surface area contributed by atoms with E-state index in [0.29, 0.717) is 30.3 Å². The fraction of sp³-hybridized carbons (Fsp3) is 0.231. The van der Waals surface area contributed by atoms with Gasteiger partial charge in [0.1, 0.15) is 0 Å². The molecule has 0 radical (unpaired) electrons. The Kier molecular flexibility index (Phi) is 6.10. The Morgan fingerprint density at radius 2 is 1.74 bits per heavy atom. The predicted molar refractivity (Wildman–Crippen MR) is 136 cm³/mol. The van der Waals surface area contributed by atoms with E-state index in [-0.39, 0.29) is 10.8 Å². The highest BCUT2D eigenvalue weighted by Gasteiger charge is 2.27. The van der Waals surface area contributed by atoms with Crippen LogP contribution in [0.2, 0.25) is 0 Å². The maximum absolute atomic E-state index is 13.2. The number of amides is 1. The fourth-order valence-electron chi connectivity index (χ4n) is 4.21. The molecule has 0 aliphatic carbocycles. The van der Waals surface area contributed by atoms with Gasteiger partial charge in [-0.2, -0.15) is 0 Å². The maximum Gasteiger partial charge on any atom is 0.261 e. The minimum absolute atomic E-state index is 0.0725. The summed E-state index contributed by atoms with van der Waals surface area (Å²) in [5, 5.41) is 1.13. The molecule has 0 bridgehead atoms. The first-order valence-corrected chi connectivity index (χ1v) is 13.5. The molecule has 174 valence electrons. The number of benzene rings is 3. The van der Waals surface area contributed by atoms with Gasteiger partial charge in [0.05, 0.1) is 20.1 Å². The van der Waals surface area contributed by atoms with Crippen LogP contribution in [0, 0.1) is 6.92 Å². The molecule has 0 saturated carbocycles. The van der Waals surface area contributed by atoms with E-state index in [9.17, 15) is 13.2 Å². The summed E-state index contributed by atoms with van der Waals surface area (Å²) >= 11 is 1.73. The Morgan fingerprint density at radius 3 is 2.47 bits per heavy atom. The Labute approximate surface area is 203 Å². The van der Waals surface area contributed by atoms with Crippen molar-refractivity contribution in [2.45, 2.75) is 30.6 Å². The van der Waals surface area contributed by atoms with Gasteiger partial charge in [-0.05, 0) is 62.2 Å². The zero-order chi connectivity index (χ0) is 23.7. The van der Waals surface area contributed by atoms with Gasteiger partial charge in [-0.25, -0.2) is 13.4 Å². The molecule has 6 nitrogen and oxygen atoms in total. The molecule has 1 aliphatic heterocycles. The minimum Gasteiger partial charge on any atom is -0.339 e. The number of piperidine rings is 1. The lowest BCUT2D eigenvalue weighted by molar-refractivity contribution is 0.0712. The van der Waals surface area contributed by atoms with E-state index in [0.717, 1.165) is 28.9 Å². The molecular formula is C26H25N3O3S2. The molecule has 34 heavy (non-hydrogen) atoms. The summed E-state index contributed by atoms with van der Waals surface area (Å²) in [7, 11) is -3.80. The first-order chi connectivity index (χ1) is 16.4. The smallest absolute Gasteiger partial charge is 0.261 e. The third-order valence-electron chi connectivity index (χ3n) is 6.14. The second-order valence-electron chi connectivity index (χ2n) is 8.59. The Hall–Kier alpha value is -3.23. The molecule has 0 atom stereocenters. The molecule has 0 unspecified atom stereocenters. The van der Waals surface area contributed by atoms with Crippen molar-refractivity contribution in [3.05, 3.63) is 88.9 Å². The van der Waals surface area contributed by atoms with Crippen LogP contribution in [0.1, 0.15) is 39.7 Å². The molecule has 5 rings (SSSR count). The topological polar surface area (TPSA) is 79.4 Å². The predicted octanol–water partition coefficient (Wildman–Crippen LogP) is 5.43. The van der Waals surface area contributed by atoms with Gasteiger partial charge in [0, 0.05) is 30.3 Å². The van der Waals surface area contributed by atoms with Crippen LogP contribution in [0.5, 0.6) is 0 Å². The van der Waals surface area contributed by atoms with E-state index in [1.54, 1.807) is 35.6 Å². The quantitative estimate of drug-likeness (QED) is 0.404. The van der Waals surface area contributed by atoms with Gasteiger partial charge in [-0.3, -0.25) is 9.52 Å². The molecule has 1 fully saturated rings. The third kappa shape index (κ3) is 4.69. The van der Waals surface area contributed by atoms with Crippen molar-refractivity contribution in [2.75, 3.05) is 17.8 Å². The van der Waals surface area contributed by atoms with E-state index in [1.807, 2.05) is 42.2 Å². The lowest BCUT2D eigenvalue weighted by atomic mass is 9.97. The van der Waals surface area contributed by atoms with Crippen LogP contribution in [-0.2, 0) is 10.0 Å². The van der Waals surface area contributed by atoms with E-state index >= 15 is 0 Å². The number of aromatic nitrogens is 1. The second-order valence-corrected chi connectivity index (χ2v) is 11.3. The van der Waals surface area contributed by atoms with Gasteiger partial charge in [-0.15, -0.1) is 11.3 Å². The summed E-state index contributed by atoms with van der Waals surface area (Å²) < 4.78 is 29.5. The first kappa shape index (κ1) is 22.6. The van der Waals surface area contributed by atoms with Crippen LogP contribution in [0.25, 0.3) is 10.2 Å². The van der Waals surface area contributed by atoms with E-state index in [4.69, 9.17) is 4.98 Å². The molecule has 8 heteroatoms. The summed E-state index contributed by atoms with van der Waals surface area (Å²) in [5.74, 6) is 0.196. The third-order valence-corrected chi connectivity index (χ3v) is 8.71. The van der Waals surface area contributed by atoms with Crippen molar-refractivity contribution < 1.29 is 13.2 Å². The number of carbonyl (C=O) groups excluding carboxylic acids is 1. The molecule has 1 aromatic heterocycles. The number of fused-ring (bicyclic) bond motifs is 1. The summed E-state index contributed by atoms with van der Waals surface area (Å²) in [4.78, 5) is 19.8. The van der Waals surface area contributed by atoms with Gasteiger partial charge in [0.2, 0.25) is 0 Å². The van der Waals surface area contributed by atoms with Crippen LogP contribution in [0.4, 0.5) is 5.69 Å². The van der Waals surface area contributed by atoms with Gasteiger partial charge < -0.3 is 4.90 Å². The minimum atomic E-state index is -3.80. The first-order valence-electron chi connectivity index (χ1n) is 11.2. The van der Waals surface area contributed by atoms with E-state index in [2.05, 4.69) is 10.8 Å². The Balaban J connectivity index is 1.27. The highest BCUT2D eigenvalue weighted by atomic mass is 32.2. The average molecular weight is 492 g/mol. The van der Waals surface area contributed by atoms with Crippen LogP contribution in [0.15, 0.2) is 77.7 Å². The molecular weight excluding hydrogens is 466 g/mol. The van der Waals surface area contributed by atoms with Crippen LogP contribution < -0.4 is 4.72 Å². The number of para-hydroxylation sites is 1. The zero-order valence-corrected chi connectivity index (χ0v) is 20.4. The second kappa shape index (κ2) is 9.19. The summed E-state index contributed by atoms with van der Waals surface area (Å²) in [6.07, 6.45) is 1.69. The van der Waals surface area contributed by atoms with Gasteiger partial charge in [-0.1, -0.05) is 35.9 Å². The maximum atomic E-state index is 13.2. The lowest BCUT2D eigenvalue weighted by Crippen LogP contribution is -2.38. The molecule has 1 saturated heterocycles.